The van der Waals surface area contributed by atoms with Crippen molar-refractivity contribution in [2.75, 3.05) is 31.7 Å². The molecule has 3 aromatic rings. The molecular weight excluding hydrogens is 508 g/mol. The van der Waals surface area contributed by atoms with E-state index in [9.17, 15) is 14.7 Å². The van der Waals surface area contributed by atoms with Gasteiger partial charge in [0.2, 0.25) is 0 Å². The molecule has 0 spiro atoms. The molecule has 9 nitrogen and oxygen atoms in total. The molecule has 0 bridgehead atoms. The van der Waals surface area contributed by atoms with Gasteiger partial charge in [0, 0.05) is 31.5 Å². The molecule has 1 aromatic heterocycles. The van der Waals surface area contributed by atoms with Crippen LogP contribution in [0.5, 0.6) is 11.5 Å². The summed E-state index contributed by atoms with van der Waals surface area (Å²) in [6, 6.07) is 15.2. The standard InChI is InChI=1S/C31H36N4O5/c1-39-24-8-9-26(31(38)34-19-29-32-12-3-13-33-29)28(17-24)35-14-10-21(11-15-35)20-40-25-5-2-4-23(16-25)27(18-30(36)37)22-6-7-22/h2-5,8-9,12-13,16-17,21-22,27H,6-7,10-11,14-15,18-20H2,1H3,(H,34,38)(H,36,37). The van der Waals surface area contributed by atoms with Gasteiger partial charge in [-0.2, -0.15) is 0 Å². The molecule has 9 heteroatoms. The molecule has 1 atom stereocenters. The largest absolute Gasteiger partial charge is 0.497 e. The van der Waals surface area contributed by atoms with E-state index < -0.39 is 5.97 Å². The van der Waals surface area contributed by atoms with Crippen molar-refractivity contribution >= 4 is 17.6 Å². The fourth-order valence-electron chi connectivity index (χ4n) is 5.40. The first-order valence-electron chi connectivity index (χ1n) is 13.9. The van der Waals surface area contributed by atoms with E-state index in [2.05, 4.69) is 20.2 Å². The molecule has 2 aliphatic rings. The highest BCUT2D eigenvalue weighted by atomic mass is 16.5. The van der Waals surface area contributed by atoms with E-state index in [0.717, 1.165) is 55.8 Å². The minimum Gasteiger partial charge on any atom is -0.497 e. The third-order valence-electron chi connectivity index (χ3n) is 7.79. The summed E-state index contributed by atoms with van der Waals surface area (Å²) in [5.74, 6) is 2.03. The number of methoxy groups -OCH3 is 1. The van der Waals surface area contributed by atoms with Crippen LogP contribution in [0.4, 0.5) is 5.69 Å². The summed E-state index contributed by atoms with van der Waals surface area (Å²) in [5, 5.41) is 12.3. The maximum absolute atomic E-state index is 13.1. The summed E-state index contributed by atoms with van der Waals surface area (Å²) < 4.78 is 11.6. The van der Waals surface area contributed by atoms with Crippen molar-refractivity contribution in [2.24, 2.45) is 11.8 Å². The highest BCUT2D eigenvalue weighted by Crippen LogP contribution is 2.45. The van der Waals surface area contributed by atoms with Crippen LogP contribution in [0.3, 0.4) is 0 Å². The van der Waals surface area contributed by atoms with Crippen LogP contribution in [-0.2, 0) is 11.3 Å². The molecule has 2 fully saturated rings. The Kier molecular flexibility index (Phi) is 8.78. The van der Waals surface area contributed by atoms with Crippen molar-refractivity contribution in [1.82, 2.24) is 15.3 Å². The number of nitrogens with one attached hydrogen (secondary N) is 1. The zero-order valence-electron chi connectivity index (χ0n) is 22.8. The number of carbonyl (C=O) groups excluding carboxylic acids is 1. The van der Waals surface area contributed by atoms with E-state index in [1.54, 1.807) is 37.7 Å². The molecule has 0 radical (unpaired) electrons. The molecule has 2 heterocycles. The second-order valence-corrected chi connectivity index (χ2v) is 10.6. The van der Waals surface area contributed by atoms with E-state index in [-0.39, 0.29) is 24.8 Å². The Bertz CT molecular complexity index is 1310. The Labute approximate surface area is 234 Å². The molecule has 2 N–H and O–H groups in total. The number of piperidine rings is 1. The van der Waals surface area contributed by atoms with E-state index in [0.29, 0.717) is 35.6 Å². The molecule has 1 aliphatic carbocycles. The van der Waals surface area contributed by atoms with Crippen molar-refractivity contribution in [3.8, 4) is 11.5 Å². The lowest BCUT2D eigenvalue weighted by atomic mass is 9.91. The SMILES string of the molecule is COc1ccc(C(=O)NCc2ncccn2)c(N2CCC(COc3cccc(C(CC(=O)O)C4CC4)c3)CC2)c1. The zero-order valence-corrected chi connectivity index (χ0v) is 22.8. The normalized spacial score (nSPS) is 16.3. The van der Waals surface area contributed by atoms with Gasteiger partial charge in [0.25, 0.3) is 5.91 Å². The molecule has 5 rings (SSSR count). The Morgan fingerprint density at radius 3 is 2.50 bits per heavy atom. The van der Waals surface area contributed by atoms with Gasteiger partial charge >= 0.3 is 5.97 Å². The van der Waals surface area contributed by atoms with Gasteiger partial charge in [-0.25, -0.2) is 9.97 Å². The smallest absolute Gasteiger partial charge is 0.303 e. The maximum Gasteiger partial charge on any atom is 0.303 e. The zero-order chi connectivity index (χ0) is 27.9. The van der Waals surface area contributed by atoms with Gasteiger partial charge in [0.1, 0.15) is 17.3 Å². The van der Waals surface area contributed by atoms with Crippen molar-refractivity contribution in [3.05, 3.63) is 77.9 Å². The van der Waals surface area contributed by atoms with Crippen LogP contribution in [0.1, 0.15) is 59.8 Å². The first-order chi connectivity index (χ1) is 19.5. The van der Waals surface area contributed by atoms with Gasteiger partial charge in [0.05, 0.1) is 37.9 Å². The predicted molar refractivity (Wildman–Crippen MR) is 151 cm³/mol. The average Bonchev–Trinajstić information content (AvgIpc) is 3.84. The monoisotopic (exact) mass is 544 g/mol. The number of carboxylic acid groups (broad SMARTS) is 1. The number of amides is 1. The Balaban J connectivity index is 1.18. The number of nitrogens with zero attached hydrogens (tertiary/aromatic N) is 3. The van der Waals surface area contributed by atoms with Gasteiger partial charge in [0.15, 0.2) is 0 Å². The summed E-state index contributed by atoms with van der Waals surface area (Å²) in [5.41, 5.74) is 2.50. The maximum atomic E-state index is 13.1. The number of carboxylic acids is 1. The van der Waals surface area contributed by atoms with E-state index in [1.165, 1.54) is 0 Å². The van der Waals surface area contributed by atoms with Crippen molar-refractivity contribution in [3.63, 3.8) is 0 Å². The predicted octanol–water partition coefficient (Wildman–Crippen LogP) is 4.68. The summed E-state index contributed by atoms with van der Waals surface area (Å²) in [7, 11) is 1.62. The Hall–Kier alpha value is -4.14. The summed E-state index contributed by atoms with van der Waals surface area (Å²) in [6.07, 6.45) is 7.53. The van der Waals surface area contributed by atoms with Crippen LogP contribution in [0, 0.1) is 11.8 Å². The minimum atomic E-state index is -0.753. The second-order valence-electron chi connectivity index (χ2n) is 10.6. The van der Waals surface area contributed by atoms with Gasteiger partial charge in [-0.1, -0.05) is 12.1 Å². The quantitative estimate of drug-likeness (QED) is 0.338. The number of rotatable bonds is 12. The lowest BCUT2D eigenvalue weighted by Crippen LogP contribution is -2.37. The van der Waals surface area contributed by atoms with Gasteiger partial charge in [-0.15, -0.1) is 0 Å². The van der Waals surface area contributed by atoms with Crippen LogP contribution in [0.15, 0.2) is 60.9 Å². The lowest BCUT2D eigenvalue weighted by Gasteiger charge is -2.34. The van der Waals surface area contributed by atoms with Crippen LogP contribution in [0.25, 0.3) is 0 Å². The van der Waals surface area contributed by atoms with Crippen LogP contribution < -0.4 is 19.7 Å². The number of anilines is 1. The molecule has 210 valence electrons. The van der Waals surface area contributed by atoms with Crippen LogP contribution in [-0.4, -0.2) is 53.8 Å². The first-order valence-corrected chi connectivity index (χ1v) is 13.9. The molecule has 1 aliphatic heterocycles. The molecular formula is C31H36N4O5. The summed E-state index contributed by atoms with van der Waals surface area (Å²) in [6.45, 7) is 2.45. The Morgan fingerprint density at radius 1 is 1.02 bits per heavy atom. The second kappa shape index (κ2) is 12.8. The number of ether oxygens (including phenoxy) is 2. The molecule has 40 heavy (non-hydrogen) atoms. The fraction of sp³-hybridized carbons (Fsp3) is 0.419. The van der Waals surface area contributed by atoms with Gasteiger partial charge in [-0.3, -0.25) is 9.59 Å². The fourth-order valence-corrected chi connectivity index (χ4v) is 5.40. The highest BCUT2D eigenvalue weighted by Gasteiger charge is 2.34. The number of hydrogen-bond donors (Lipinski definition) is 2. The molecule has 1 saturated heterocycles. The van der Waals surface area contributed by atoms with Crippen LogP contribution >= 0.6 is 0 Å². The molecule has 2 aromatic carbocycles. The summed E-state index contributed by atoms with van der Waals surface area (Å²) >= 11 is 0. The highest BCUT2D eigenvalue weighted by molar-refractivity contribution is 6.00. The number of carbonyl (C=O) groups is 2. The molecule has 1 amide bonds. The third-order valence-corrected chi connectivity index (χ3v) is 7.79. The van der Waals surface area contributed by atoms with Gasteiger partial charge < -0.3 is 24.8 Å². The lowest BCUT2D eigenvalue weighted by molar-refractivity contribution is -0.137. The van der Waals surface area contributed by atoms with E-state index in [4.69, 9.17) is 9.47 Å². The number of benzene rings is 2. The third kappa shape index (κ3) is 7.08. The van der Waals surface area contributed by atoms with Crippen molar-refractivity contribution in [2.45, 2.75) is 44.6 Å². The van der Waals surface area contributed by atoms with Gasteiger partial charge in [-0.05, 0) is 79.3 Å². The number of aliphatic carboxylic acids is 1. The van der Waals surface area contributed by atoms with Crippen molar-refractivity contribution in [1.29, 1.82) is 0 Å². The Morgan fingerprint density at radius 2 is 1.80 bits per heavy atom. The minimum absolute atomic E-state index is 0.0544. The molecule has 1 unspecified atom stereocenters. The van der Waals surface area contributed by atoms with Crippen molar-refractivity contribution < 1.29 is 24.2 Å². The number of hydrogen-bond acceptors (Lipinski definition) is 7. The van der Waals surface area contributed by atoms with E-state index in [1.807, 2.05) is 30.3 Å². The average molecular weight is 545 g/mol. The van der Waals surface area contributed by atoms with Crippen LogP contribution in [0.2, 0.25) is 0 Å². The molecule has 1 saturated carbocycles. The topological polar surface area (TPSA) is 114 Å². The van der Waals surface area contributed by atoms with E-state index >= 15 is 0 Å². The summed E-state index contributed by atoms with van der Waals surface area (Å²) in [4.78, 5) is 35.1. The first kappa shape index (κ1) is 27.4. The number of aromatic nitrogens is 2.